The summed E-state index contributed by atoms with van der Waals surface area (Å²) >= 11 is 0. The van der Waals surface area contributed by atoms with Gasteiger partial charge in [0.25, 0.3) is 0 Å². The Hall–Kier alpha value is -4.17. The fraction of sp³-hybridized carbons (Fsp3) is 0.323. The second-order valence-electron chi connectivity index (χ2n) is 9.33. The Morgan fingerprint density at radius 1 is 0.949 bits per heavy atom. The van der Waals surface area contributed by atoms with E-state index in [1.165, 1.54) is 0 Å². The van der Waals surface area contributed by atoms with Crippen LogP contribution in [0.25, 0.3) is 0 Å². The number of nitrogens with one attached hydrogen (secondary N) is 1. The van der Waals surface area contributed by atoms with E-state index in [0.29, 0.717) is 35.0 Å². The molecule has 0 saturated carbocycles. The lowest BCUT2D eigenvalue weighted by Crippen LogP contribution is -2.32. The van der Waals surface area contributed by atoms with Crippen LogP contribution in [0.5, 0.6) is 11.5 Å². The first-order valence-electron chi connectivity index (χ1n) is 13.2. The lowest BCUT2D eigenvalue weighted by atomic mass is 9.90. The zero-order valence-electron chi connectivity index (χ0n) is 23.2. The number of hydrogen-bond acceptors (Lipinski definition) is 6. The van der Waals surface area contributed by atoms with Gasteiger partial charge in [0.1, 0.15) is 5.92 Å². The van der Waals surface area contributed by atoms with Gasteiger partial charge in [-0.25, -0.2) is 0 Å². The number of ether oxygens (including phenoxy) is 2. The minimum Gasteiger partial charge on any atom is -0.493 e. The molecule has 1 unspecified atom stereocenters. The smallest absolute Gasteiger partial charge is 0.238 e. The Kier molecular flexibility index (Phi) is 8.99. The molecule has 1 atom stereocenters. The highest BCUT2D eigenvalue weighted by Gasteiger charge is 2.36. The minimum absolute atomic E-state index is 0.0618. The van der Waals surface area contributed by atoms with Crippen molar-refractivity contribution in [3.05, 3.63) is 77.9 Å². The monoisotopic (exact) mass is 528 g/mol. The van der Waals surface area contributed by atoms with Crippen LogP contribution in [0.4, 0.5) is 17.1 Å². The quantitative estimate of drug-likeness (QED) is 0.344. The number of fused-ring (bicyclic) bond motifs is 1. The van der Waals surface area contributed by atoms with Crippen LogP contribution >= 0.6 is 0 Å². The van der Waals surface area contributed by atoms with Crippen LogP contribution < -0.4 is 19.7 Å². The average Bonchev–Trinajstić information content (AvgIpc) is 3.29. The summed E-state index contributed by atoms with van der Waals surface area (Å²) in [5.41, 5.74) is 4.38. The summed E-state index contributed by atoms with van der Waals surface area (Å²) in [6.45, 7) is 6.78. The number of carbonyl (C=O) groups excluding carboxylic acids is 2. The van der Waals surface area contributed by atoms with Gasteiger partial charge in [0, 0.05) is 37.5 Å². The largest absolute Gasteiger partial charge is 0.493 e. The second kappa shape index (κ2) is 12.6. The molecule has 0 radical (unpaired) electrons. The van der Waals surface area contributed by atoms with E-state index in [1.807, 2.05) is 60.7 Å². The van der Waals surface area contributed by atoms with Gasteiger partial charge >= 0.3 is 0 Å². The summed E-state index contributed by atoms with van der Waals surface area (Å²) in [5.74, 6) is 0.348. The van der Waals surface area contributed by atoms with E-state index >= 15 is 0 Å². The molecule has 0 aliphatic carbocycles. The Morgan fingerprint density at radius 3 is 2.21 bits per heavy atom. The molecule has 1 N–H and O–H groups in total. The van der Waals surface area contributed by atoms with Gasteiger partial charge in [-0.05, 0) is 54.5 Å². The molecule has 0 spiro atoms. The Bertz CT molecular complexity index is 1330. The highest BCUT2D eigenvalue weighted by molar-refractivity contribution is 6.24. The van der Waals surface area contributed by atoms with Crippen molar-refractivity contribution in [2.45, 2.75) is 26.2 Å². The highest BCUT2D eigenvalue weighted by atomic mass is 16.5. The van der Waals surface area contributed by atoms with E-state index in [2.05, 4.69) is 24.1 Å². The summed E-state index contributed by atoms with van der Waals surface area (Å²) in [4.78, 5) is 34.9. The van der Waals surface area contributed by atoms with E-state index in [4.69, 9.17) is 14.5 Å². The van der Waals surface area contributed by atoms with Crippen molar-refractivity contribution < 1.29 is 19.1 Å². The maximum atomic E-state index is 13.3. The Morgan fingerprint density at radius 2 is 1.59 bits per heavy atom. The van der Waals surface area contributed by atoms with Crippen molar-refractivity contribution in [1.82, 2.24) is 4.90 Å². The SMILES string of the molecule is CCN(CC)CCC(=O)N(C)c1ccc(N=C(c2ccccc2)C2C(=O)Nc3cc(OC)c(OC)cc32)cc1. The van der Waals surface area contributed by atoms with Crippen LogP contribution in [0, 0.1) is 0 Å². The third kappa shape index (κ3) is 6.12. The number of rotatable bonds is 11. The molecule has 1 aliphatic rings. The normalized spacial score (nSPS) is 14.7. The summed E-state index contributed by atoms with van der Waals surface area (Å²) < 4.78 is 10.9. The average molecular weight is 529 g/mol. The Labute approximate surface area is 230 Å². The maximum absolute atomic E-state index is 13.3. The molecule has 3 aromatic carbocycles. The van der Waals surface area contributed by atoms with Gasteiger partial charge in [0.2, 0.25) is 11.8 Å². The molecule has 1 heterocycles. The highest BCUT2D eigenvalue weighted by Crippen LogP contribution is 2.42. The molecule has 0 aromatic heterocycles. The van der Waals surface area contributed by atoms with Crippen LogP contribution in [0.1, 0.15) is 37.3 Å². The number of hydrogen-bond donors (Lipinski definition) is 1. The second-order valence-corrected chi connectivity index (χ2v) is 9.33. The van der Waals surface area contributed by atoms with Gasteiger partial charge < -0.3 is 24.6 Å². The molecule has 1 aliphatic heterocycles. The van der Waals surface area contributed by atoms with Crippen LogP contribution in [0.2, 0.25) is 0 Å². The van der Waals surface area contributed by atoms with E-state index < -0.39 is 5.92 Å². The van der Waals surface area contributed by atoms with Gasteiger partial charge in [-0.1, -0.05) is 44.2 Å². The van der Waals surface area contributed by atoms with Crippen LogP contribution in [-0.2, 0) is 9.59 Å². The van der Waals surface area contributed by atoms with Crippen LogP contribution in [0.3, 0.4) is 0 Å². The number of carbonyl (C=O) groups is 2. The number of nitrogens with zero attached hydrogens (tertiary/aromatic N) is 3. The molecule has 8 nitrogen and oxygen atoms in total. The molecular weight excluding hydrogens is 492 g/mol. The summed E-state index contributed by atoms with van der Waals surface area (Å²) in [5, 5.41) is 2.97. The molecule has 3 aromatic rings. The first-order valence-corrected chi connectivity index (χ1v) is 13.2. The summed E-state index contributed by atoms with van der Waals surface area (Å²) in [7, 11) is 4.93. The van der Waals surface area contributed by atoms with Crippen molar-refractivity contribution in [3.63, 3.8) is 0 Å². The van der Waals surface area contributed by atoms with Crippen molar-refractivity contribution >= 4 is 34.6 Å². The number of anilines is 2. The molecule has 4 rings (SSSR count). The topological polar surface area (TPSA) is 83.5 Å². The van der Waals surface area contributed by atoms with E-state index in [0.717, 1.165) is 36.4 Å². The molecule has 2 amide bonds. The summed E-state index contributed by atoms with van der Waals surface area (Å²) in [6, 6.07) is 20.8. The predicted molar refractivity (Wildman–Crippen MR) is 156 cm³/mol. The van der Waals surface area contributed by atoms with Crippen molar-refractivity contribution in [2.75, 3.05) is 51.1 Å². The summed E-state index contributed by atoms with van der Waals surface area (Å²) in [6.07, 6.45) is 0.459. The molecule has 0 bridgehead atoms. The number of benzene rings is 3. The molecule has 0 fully saturated rings. The molecule has 0 saturated heterocycles. The number of amides is 2. The third-order valence-electron chi connectivity index (χ3n) is 7.13. The molecule has 8 heteroatoms. The fourth-order valence-electron chi connectivity index (χ4n) is 4.76. The van der Waals surface area contributed by atoms with E-state index in [1.54, 1.807) is 32.2 Å². The number of aliphatic imine (C=N–C) groups is 1. The first-order chi connectivity index (χ1) is 18.9. The third-order valence-corrected chi connectivity index (χ3v) is 7.13. The van der Waals surface area contributed by atoms with Gasteiger partial charge in [0.15, 0.2) is 11.5 Å². The van der Waals surface area contributed by atoms with E-state index in [9.17, 15) is 9.59 Å². The van der Waals surface area contributed by atoms with Crippen molar-refractivity contribution in [2.24, 2.45) is 4.99 Å². The van der Waals surface area contributed by atoms with Crippen molar-refractivity contribution in [1.29, 1.82) is 0 Å². The molecular formula is C31H36N4O4. The first kappa shape index (κ1) is 27.9. The predicted octanol–water partition coefficient (Wildman–Crippen LogP) is 5.26. The standard InChI is InChI=1S/C31H36N4O4/c1-6-35(7-2)18-17-28(36)34(3)23-15-13-22(14-16-23)32-30(21-11-9-8-10-12-21)29-24-19-26(38-4)27(39-5)20-25(24)33-31(29)37/h8-16,19-20,29H,6-7,17-18H2,1-5H3,(H,33,37). The zero-order chi connectivity index (χ0) is 27.9. The van der Waals surface area contributed by atoms with Crippen LogP contribution in [-0.4, -0.2) is 63.3 Å². The van der Waals surface area contributed by atoms with Crippen LogP contribution in [0.15, 0.2) is 71.7 Å². The Balaban J connectivity index is 1.65. The number of methoxy groups -OCH3 is 2. The maximum Gasteiger partial charge on any atom is 0.238 e. The lowest BCUT2D eigenvalue weighted by molar-refractivity contribution is -0.118. The molecule has 39 heavy (non-hydrogen) atoms. The molecule has 204 valence electrons. The van der Waals surface area contributed by atoms with E-state index in [-0.39, 0.29) is 11.8 Å². The van der Waals surface area contributed by atoms with Gasteiger partial charge in [0.05, 0.1) is 25.6 Å². The zero-order valence-corrected chi connectivity index (χ0v) is 23.2. The van der Waals surface area contributed by atoms with Gasteiger partial charge in [-0.15, -0.1) is 0 Å². The van der Waals surface area contributed by atoms with Gasteiger partial charge in [-0.2, -0.15) is 0 Å². The van der Waals surface area contributed by atoms with Gasteiger partial charge in [-0.3, -0.25) is 14.6 Å². The minimum atomic E-state index is -0.633. The van der Waals surface area contributed by atoms with Crippen molar-refractivity contribution in [3.8, 4) is 11.5 Å². The fourth-order valence-corrected chi connectivity index (χ4v) is 4.76. The lowest BCUT2D eigenvalue weighted by Gasteiger charge is -2.21.